The Morgan fingerprint density at radius 1 is 0.969 bits per heavy atom. The van der Waals surface area contributed by atoms with Crippen molar-refractivity contribution in [1.82, 2.24) is 10.2 Å². The smallest absolute Gasteiger partial charge is 0.287 e. The molecule has 0 bridgehead atoms. The number of furan rings is 1. The Hall–Kier alpha value is -2.90. The van der Waals surface area contributed by atoms with Crippen molar-refractivity contribution in [2.45, 2.75) is 37.0 Å². The van der Waals surface area contributed by atoms with Gasteiger partial charge in [0.1, 0.15) is 0 Å². The van der Waals surface area contributed by atoms with E-state index in [0.29, 0.717) is 12.1 Å². The van der Waals surface area contributed by atoms with Gasteiger partial charge in [0.15, 0.2) is 15.6 Å². The van der Waals surface area contributed by atoms with Crippen LogP contribution in [0.25, 0.3) is 0 Å². The van der Waals surface area contributed by atoms with Crippen LogP contribution in [0.4, 0.5) is 0 Å². The van der Waals surface area contributed by atoms with Gasteiger partial charge in [-0.3, -0.25) is 9.69 Å². The molecule has 6 nitrogen and oxygen atoms in total. The van der Waals surface area contributed by atoms with Gasteiger partial charge in [0.05, 0.1) is 16.9 Å². The second-order valence-corrected chi connectivity index (χ2v) is 9.61. The van der Waals surface area contributed by atoms with E-state index < -0.39 is 15.7 Å². The van der Waals surface area contributed by atoms with Gasteiger partial charge < -0.3 is 9.73 Å². The SMILES string of the molecule is CCN(CC)C(CNC(=O)c1occc1CS(=O)(=O)c1ccccc1)Cc1ccccc1. The van der Waals surface area contributed by atoms with Crippen molar-refractivity contribution in [2.75, 3.05) is 19.6 Å². The van der Waals surface area contributed by atoms with E-state index in [4.69, 9.17) is 4.42 Å². The molecule has 1 aromatic heterocycles. The monoisotopic (exact) mass is 454 g/mol. The Balaban J connectivity index is 1.70. The number of nitrogens with one attached hydrogen (secondary N) is 1. The van der Waals surface area contributed by atoms with E-state index in [9.17, 15) is 13.2 Å². The Kier molecular flexibility index (Phi) is 8.25. The van der Waals surface area contributed by atoms with Gasteiger partial charge >= 0.3 is 0 Å². The fraction of sp³-hybridized carbons (Fsp3) is 0.320. The summed E-state index contributed by atoms with van der Waals surface area (Å²) >= 11 is 0. The maximum absolute atomic E-state index is 12.9. The highest BCUT2D eigenvalue weighted by molar-refractivity contribution is 7.90. The van der Waals surface area contributed by atoms with Crippen molar-refractivity contribution < 1.29 is 17.6 Å². The zero-order valence-electron chi connectivity index (χ0n) is 18.5. The molecular weight excluding hydrogens is 424 g/mol. The average Bonchev–Trinajstić information content (AvgIpc) is 3.26. The lowest BCUT2D eigenvalue weighted by molar-refractivity contribution is 0.0906. The molecular formula is C25H30N2O4S. The zero-order valence-corrected chi connectivity index (χ0v) is 19.3. The van der Waals surface area contributed by atoms with Crippen LogP contribution in [0, 0.1) is 0 Å². The number of likely N-dealkylation sites (N-methyl/N-ethyl adjacent to an activating group) is 1. The van der Waals surface area contributed by atoms with Crippen molar-refractivity contribution in [3.63, 3.8) is 0 Å². The number of amides is 1. The minimum atomic E-state index is -3.58. The van der Waals surface area contributed by atoms with Crippen LogP contribution in [-0.2, 0) is 22.0 Å². The van der Waals surface area contributed by atoms with Crippen LogP contribution in [0.15, 0.2) is 82.3 Å². The summed E-state index contributed by atoms with van der Waals surface area (Å²) < 4.78 is 30.8. The fourth-order valence-corrected chi connectivity index (χ4v) is 5.19. The molecule has 0 aliphatic rings. The molecule has 1 atom stereocenters. The van der Waals surface area contributed by atoms with Crippen LogP contribution in [0.1, 0.15) is 35.5 Å². The summed E-state index contributed by atoms with van der Waals surface area (Å²) in [5, 5.41) is 2.95. The normalized spacial score (nSPS) is 12.6. The van der Waals surface area contributed by atoms with Crippen molar-refractivity contribution in [3.05, 3.63) is 89.9 Å². The maximum atomic E-state index is 12.9. The summed E-state index contributed by atoms with van der Waals surface area (Å²) in [7, 11) is -3.58. The highest BCUT2D eigenvalue weighted by Gasteiger charge is 2.24. The second-order valence-electron chi connectivity index (χ2n) is 7.62. The maximum Gasteiger partial charge on any atom is 0.287 e. The van der Waals surface area contributed by atoms with Gasteiger partial charge in [-0.25, -0.2) is 8.42 Å². The molecule has 3 rings (SSSR count). The van der Waals surface area contributed by atoms with Gasteiger partial charge in [-0.1, -0.05) is 62.4 Å². The third kappa shape index (κ3) is 6.08. The Morgan fingerprint density at radius 2 is 1.59 bits per heavy atom. The molecule has 0 spiro atoms. The van der Waals surface area contributed by atoms with Crippen LogP contribution in [0.5, 0.6) is 0 Å². The number of benzene rings is 2. The van der Waals surface area contributed by atoms with Crippen LogP contribution in [0.2, 0.25) is 0 Å². The summed E-state index contributed by atoms with van der Waals surface area (Å²) in [6.07, 6.45) is 2.16. The van der Waals surface area contributed by atoms with E-state index in [1.54, 1.807) is 36.4 Å². The Morgan fingerprint density at radius 3 is 2.22 bits per heavy atom. The highest BCUT2D eigenvalue weighted by atomic mass is 32.2. The number of hydrogen-bond acceptors (Lipinski definition) is 5. The standard InChI is InChI=1S/C25H30N2O4S/c1-3-27(4-2)22(17-20-11-7-5-8-12-20)18-26-25(28)24-21(15-16-31-24)19-32(29,30)23-13-9-6-10-14-23/h5-16,22H,3-4,17-19H2,1-2H3,(H,26,28). The molecule has 2 aromatic carbocycles. The molecule has 0 saturated carbocycles. The van der Waals surface area contributed by atoms with Gasteiger partial charge in [-0.2, -0.15) is 0 Å². The Bertz CT molecular complexity index is 1090. The van der Waals surface area contributed by atoms with Gasteiger partial charge in [0.2, 0.25) is 0 Å². The third-order valence-corrected chi connectivity index (χ3v) is 7.22. The topological polar surface area (TPSA) is 79.6 Å². The molecule has 1 amide bonds. The molecule has 0 aliphatic heterocycles. The van der Waals surface area contributed by atoms with E-state index >= 15 is 0 Å². The molecule has 0 fully saturated rings. The minimum absolute atomic E-state index is 0.0440. The van der Waals surface area contributed by atoms with Crippen molar-refractivity contribution in [3.8, 4) is 0 Å². The summed E-state index contributed by atoms with van der Waals surface area (Å²) in [6, 6.07) is 20.0. The number of carbonyl (C=O) groups is 1. The summed E-state index contributed by atoms with van der Waals surface area (Å²) in [4.78, 5) is 15.4. The first-order valence-electron chi connectivity index (χ1n) is 10.8. The number of hydrogen-bond donors (Lipinski definition) is 1. The van der Waals surface area contributed by atoms with Crippen LogP contribution in [0.3, 0.4) is 0 Å². The van der Waals surface area contributed by atoms with Gasteiger partial charge in [0, 0.05) is 18.2 Å². The number of rotatable bonds is 11. The number of carbonyl (C=O) groups excluding carboxylic acids is 1. The molecule has 0 radical (unpaired) electrons. The molecule has 3 aromatic rings. The molecule has 170 valence electrons. The van der Waals surface area contributed by atoms with Crippen LogP contribution < -0.4 is 5.32 Å². The third-order valence-electron chi connectivity index (χ3n) is 5.54. The fourth-order valence-electron chi connectivity index (χ4n) is 3.81. The number of nitrogens with zero attached hydrogens (tertiary/aromatic N) is 1. The molecule has 0 saturated heterocycles. The van der Waals surface area contributed by atoms with E-state index in [2.05, 4.69) is 36.2 Å². The molecule has 1 heterocycles. The molecule has 7 heteroatoms. The van der Waals surface area contributed by atoms with E-state index in [0.717, 1.165) is 19.5 Å². The molecule has 1 unspecified atom stereocenters. The Labute approximate surface area is 190 Å². The summed E-state index contributed by atoms with van der Waals surface area (Å²) in [5.74, 6) is -0.652. The van der Waals surface area contributed by atoms with Crippen LogP contribution >= 0.6 is 0 Å². The van der Waals surface area contributed by atoms with E-state index in [1.165, 1.54) is 11.8 Å². The number of sulfone groups is 1. The zero-order chi connectivity index (χ0) is 23.0. The van der Waals surface area contributed by atoms with Crippen molar-refractivity contribution >= 4 is 15.7 Å². The largest absolute Gasteiger partial charge is 0.459 e. The predicted molar refractivity (Wildman–Crippen MR) is 125 cm³/mol. The van der Waals surface area contributed by atoms with E-state index in [1.807, 2.05) is 18.2 Å². The first kappa shape index (κ1) is 23.8. The predicted octanol–water partition coefficient (Wildman–Crippen LogP) is 3.94. The van der Waals surface area contributed by atoms with Crippen LogP contribution in [-0.4, -0.2) is 44.9 Å². The average molecular weight is 455 g/mol. The summed E-state index contributed by atoms with van der Waals surface area (Å²) in [6.45, 7) is 6.36. The van der Waals surface area contributed by atoms with Gasteiger partial charge in [-0.15, -0.1) is 0 Å². The highest BCUT2D eigenvalue weighted by Crippen LogP contribution is 2.20. The molecule has 32 heavy (non-hydrogen) atoms. The lowest BCUT2D eigenvalue weighted by Gasteiger charge is -2.30. The first-order valence-corrected chi connectivity index (χ1v) is 12.5. The molecule has 0 aliphatic carbocycles. The molecule has 1 N–H and O–H groups in total. The van der Waals surface area contributed by atoms with Gasteiger partial charge in [-0.05, 0) is 43.3 Å². The summed E-state index contributed by atoms with van der Waals surface area (Å²) in [5.41, 5.74) is 1.56. The van der Waals surface area contributed by atoms with E-state index in [-0.39, 0.29) is 22.5 Å². The first-order chi connectivity index (χ1) is 15.4. The minimum Gasteiger partial charge on any atom is -0.459 e. The quantitative estimate of drug-likeness (QED) is 0.475. The van der Waals surface area contributed by atoms with Crippen molar-refractivity contribution in [1.29, 1.82) is 0 Å². The van der Waals surface area contributed by atoms with Crippen molar-refractivity contribution in [2.24, 2.45) is 0 Å². The van der Waals surface area contributed by atoms with Gasteiger partial charge in [0.25, 0.3) is 5.91 Å². The second kappa shape index (κ2) is 11.1. The lowest BCUT2D eigenvalue weighted by Crippen LogP contribution is -2.45. The lowest BCUT2D eigenvalue weighted by atomic mass is 10.0.